The highest BCUT2D eigenvalue weighted by Gasteiger charge is 2.21. The van der Waals surface area contributed by atoms with Crippen LogP contribution >= 0.6 is 0 Å². The van der Waals surface area contributed by atoms with Crippen molar-refractivity contribution in [2.75, 3.05) is 43.5 Å². The molecule has 2 aromatic rings. The molecule has 2 N–H and O–H groups in total. The fourth-order valence-corrected chi connectivity index (χ4v) is 3.77. The van der Waals surface area contributed by atoms with Crippen LogP contribution in [0.1, 0.15) is 36.6 Å². The highest BCUT2D eigenvalue weighted by Crippen LogP contribution is 2.19. The number of nitrogens with zero attached hydrogens (tertiary/aromatic N) is 4. The van der Waals surface area contributed by atoms with Gasteiger partial charge in [-0.15, -0.1) is 0 Å². The maximum Gasteiger partial charge on any atom is 0.191 e. The second-order valence-electron chi connectivity index (χ2n) is 8.24. The maximum atomic E-state index is 4.86. The lowest BCUT2D eigenvalue weighted by Gasteiger charge is -2.34. The van der Waals surface area contributed by atoms with E-state index < -0.39 is 0 Å². The molecule has 1 aromatic heterocycles. The van der Waals surface area contributed by atoms with Crippen LogP contribution in [0, 0.1) is 13.8 Å². The lowest BCUT2D eigenvalue weighted by molar-refractivity contribution is 0.459. The van der Waals surface area contributed by atoms with Crippen molar-refractivity contribution in [2.45, 2.75) is 46.2 Å². The first-order chi connectivity index (χ1) is 14.5. The molecule has 0 radical (unpaired) electrons. The van der Waals surface area contributed by atoms with E-state index in [0.29, 0.717) is 12.6 Å². The van der Waals surface area contributed by atoms with E-state index in [1.54, 1.807) is 0 Å². The zero-order valence-electron chi connectivity index (χ0n) is 19.1. The van der Waals surface area contributed by atoms with Crippen LogP contribution in [0.5, 0.6) is 0 Å². The lowest BCUT2D eigenvalue weighted by atomic mass is 10.1. The van der Waals surface area contributed by atoms with Crippen LogP contribution in [0.15, 0.2) is 41.4 Å². The molecular weight excluding hydrogens is 372 g/mol. The van der Waals surface area contributed by atoms with Crippen LogP contribution in [-0.4, -0.2) is 50.7 Å². The Balaban J connectivity index is 1.58. The first-order valence-electron chi connectivity index (χ1n) is 11.0. The minimum Gasteiger partial charge on any atom is -0.378 e. The molecule has 0 atom stereocenters. The third kappa shape index (κ3) is 5.88. The van der Waals surface area contributed by atoms with Crippen LogP contribution < -0.4 is 20.4 Å². The summed E-state index contributed by atoms with van der Waals surface area (Å²) >= 11 is 0. The number of anilines is 2. The van der Waals surface area contributed by atoms with E-state index in [1.165, 1.54) is 16.8 Å². The summed E-state index contributed by atoms with van der Waals surface area (Å²) in [5.41, 5.74) is 4.83. The average molecular weight is 409 g/mol. The van der Waals surface area contributed by atoms with E-state index in [0.717, 1.165) is 49.9 Å². The van der Waals surface area contributed by atoms with Gasteiger partial charge in [0.05, 0.1) is 6.54 Å². The summed E-state index contributed by atoms with van der Waals surface area (Å²) in [4.78, 5) is 14.0. The number of benzene rings is 1. The van der Waals surface area contributed by atoms with Crippen molar-refractivity contribution >= 4 is 17.5 Å². The number of aryl methyl sites for hydroxylation is 2. The van der Waals surface area contributed by atoms with Crippen molar-refractivity contribution in [3.8, 4) is 0 Å². The molecule has 1 aliphatic rings. The van der Waals surface area contributed by atoms with Gasteiger partial charge < -0.3 is 20.4 Å². The van der Waals surface area contributed by atoms with Crippen molar-refractivity contribution in [2.24, 2.45) is 4.99 Å². The molecule has 2 heterocycles. The monoisotopic (exact) mass is 408 g/mol. The Morgan fingerprint density at radius 3 is 2.57 bits per heavy atom. The quantitative estimate of drug-likeness (QED) is 0.566. The molecule has 0 saturated carbocycles. The number of aromatic nitrogens is 1. The molecule has 30 heavy (non-hydrogen) atoms. The number of guanidine groups is 1. The second-order valence-corrected chi connectivity index (χ2v) is 8.24. The summed E-state index contributed by atoms with van der Waals surface area (Å²) in [6.07, 6.45) is 2.16. The Hall–Kier alpha value is -2.76. The number of pyridine rings is 1. The van der Waals surface area contributed by atoms with Gasteiger partial charge in [0.2, 0.25) is 0 Å². The van der Waals surface area contributed by atoms with Crippen molar-refractivity contribution < 1.29 is 0 Å². The third-order valence-electron chi connectivity index (χ3n) is 5.63. The van der Waals surface area contributed by atoms with Crippen molar-refractivity contribution in [1.82, 2.24) is 15.6 Å². The fourth-order valence-electron chi connectivity index (χ4n) is 3.77. The summed E-state index contributed by atoms with van der Waals surface area (Å²) < 4.78 is 0. The van der Waals surface area contributed by atoms with Gasteiger partial charge in [-0.2, -0.15) is 0 Å². The van der Waals surface area contributed by atoms with Gasteiger partial charge in [-0.25, -0.2) is 9.98 Å². The van der Waals surface area contributed by atoms with Crippen LogP contribution in [0.4, 0.5) is 11.5 Å². The van der Waals surface area contributed by atoms with Crippen molar-refractivity contribution in [1.29, 1.82) is 0 Å². The Kier molecular flexibility index (Phi) is 7.55. The largest absolute Gasteiger partial charge is 0.378 e. The predicted molar refractivity (Wildman–Crippen MR) is 128 cm³/mol. The van der Waals surface area contributed by atoms with E-state index in [1.807, 2.05) is 13.0 Å². The summed E-state index contributed by atoms with van der Waals surface area (Å²) in [5.74, 6) is 1.99. The molecule has 1 aliphatic heterocycles. The molecule has 6 heteroatoms. The van der Waals surface area contributed by atoms with E-state index in [9.17, 15) is 0 Å². The Bertz CT molecular complexity index is 853. The standard InChI is InChI=1S/C24H36N6/c1-6-25-24(26-17-20-10-11-22(29(4)5)16-18(20)2)28-21-12-14-30(15-13-21)23-9-7-8-19(3)27-23/h7-11,16,21H,6,12-15,17H2,1-5H3,(H2,25,26,28). The third-order valence-corrected chi connectivity index (χ3v) is 5.63. The molecule has 1 aromatic carbocycles. The Morgan fingerprint density at radius 1 is 1.17 bits per heavy atom. The number of piperidine rings is 1. The summed E-state index contributed by atoms with van der Waals surface area (Å²) in [5, 5.41) is 7.05. The number of hydrogen-bond acceptors (Lipinski definition) is 4. The van der Waals surface area contributed by atoms with E-state index in [-0.39, 0.29) is 0 Å². The summed E-state index contributed by atoms with van der Waals surface area (Å²) in [6.45, 7) is 9.88. The number of rotatable bonds is 6. The van der Waals surface area contributed by atoms with Gasteiger partial charge >= 0.3 is 0 Å². The van der Waals surface area contributed by atoms with Crippen LogP contribution in [0.2, 0.25) is 0 Å². The minimum absolute atomic E-state index is 0.432. The van der Waals surface area contributed by atoms with Gasteiger partial charge in [0.1, 0.15) is 5.82 Å². The molecule has 0 unspecified atom stereocenters. The lowest BCUT2D eigenvalue weighted by Crippen LogP contribution is -2.48. The summed E-state index contributed by atoms with van der Waals surface area (Å²) in [6, 6.07) is 13.2. The average Bonchev–Trinajstić information content (AvgIpc) is 2.73. The SMILES string of the molecule is CCNC(=NCc1ccc(N(C)C)cc1C)NC1CCN(c2cccc(C)n2)CC1. The Labute approximate surface area is 181 Å². The van der Waals surface area contributed by atoms with Gasteiger partial charge in [-0.3, -0.25) is 0 Å². The topological polar surface area (TPSA) is 55.8 Å². The van der Waals surface area contributed by atoms with E-state index in [4.69, 9.17) is 4.99 Å². The number of nitrogens with one attached hydrogen (secondary N) is 2. The first kappa shape index (κ1) is 21.9. The highest BCUT2D eigenvalue weighted by atomic mass is 15.2. The molecule has 0 aliphatic carbocycles. The second kappa shape index (κ2) is 10.3. The summed E-state index contributed by atoms with van der Waals surface area (Å²) in [7, 11) is 4.14. The number of hydrogen-bond donors (Lipinski definition) is 2. The van der Waals surface area contributed by atoms with Gasteiger partial charge in [-0.1, -0.05) is 12.1 Å². The molecule has 3 rings (SSSR count). The van der Waals surface area contributed by atoms with Crippen LogP contribution in [0.25, 0.3) is 0 Å². The molecule has 1 fully saturated rings. The smallest absolute Gasteiger partial charge is 0.191 e. The van der Waals surface area contributed by atoms with E-state index >= 15 is 0 Å². The minimum atomic E-state index is 0.432. The molecule has 6 nitrogen and oxygen atoms in total. The van der Waals surface area contributed by atoms with Gasteiger partial charge in [0.25, 0.3) is 0 Å². The Morgan fingerprint density at radius 2 is 1.93 bits per heavy atom. The first-order valence-corrected chi connectivity index (χ1v) is 11.0. The van der Waals surface area contributed by atoms with Gasteiger partial charge in [-0.05, 0) is 69.0 Å². The van der Waals surface area contributed by atoms with Crippen LogP contribution in [0.3, 0.4) is 0 Å². The van der Waals surface area contributed by atoms with Crippen LogP contribution in [-0.2, 0) is 6.54 Å². The van der Waals surface area contributed by atoms with Gasteiger partial charge in [0.15, 0.2) is 5.96 Å². The molecule has 1 saturated heterocycles. The van der Waals surface area contributed by atoms with Gasteiger partial charge in [0, 0.05) is 51.2 Å². The van der Waals surface area contributed by atoms with Crippen molar-refractivity contribution in [3.63, 3.8) is 0 Å². The van der Waals surface area contributed by atoms with Crippen molar-refractivity contribution in [3.05, 3.63) is 53.2 Å². The maximum absolute atomic E-state index is 4.86. The molecule has 0 amide bonds. The fraction of sp³-hybridized carbons (Fsp3) is 0.500. The molecular formula is C24H36N6. The highest BCUT2D eigenvalue weighted by molar-refractivity contribution is 5.80. The molecule has 0 bridgehead atoms. The molecule has 0 spiro atoms. The van der Waals surface area contributed by atoms with E-state index in [2.05, 4.69) is 83.7 Å². The zero-order chi connectivity index (χ0) is 21.5. The number of aliphatic imine (C=N–C) groups is 1. The predicted octanol–water partition coefficient (Wildman–Crippen LogP) is 3.49. The molecule has 162 valence electrons. The normalized spacial score (nSPS) is 15.2. The zero-order valence-corrected chi connectivity index (χ0v) is 19.1.